The maximum absolute atomic E-state index is 12.6. The average Bonchev–Trinajstić information content (AvgIpc) is 3.04. The van der Waals surface area contributed by atoms with Crippen molar-refractivity contribution in [2.45, 2.75) is 129 Å². The fourth-order valence-corrected chi connectivity index (χ4v) is 12.5. The third kappa shape index (κ3) is 10.0. The molecular formula is C40H54O11Si. The molecule has 11 nitrogen and oxygen atoms in total. The maximum Gasteiger partial charge on any atom is 0.303 e. The molecule has 1 fully saturated rings. The molecule has 3 rings (SSSR count). The van der Waals surface area contributed by atoms with Crippen molar-refractivity contribution in [2.24, 2.45) is 0 Å². The first-order valence-corrected chi connectivity index (χ1v) is 20.0. The average molecular weight is 739 g/mol. The SMILES string of the molecule is CCOc1ccc(Cc2cc([C@@]3(O)O[C@H](COC(C)=O)[C@@H](OC(C)=O)[C@H](OC(C)=O)[C@H]3OC(C)=O)ccc2C#C[Si](C(C)C)(C(C)C)C(C)C)cc1. The molecule has 2 aromatic rings. The highest BCUT2D eigenvalue weighted by Gasteiger charge is 2.60. The van der Waals surface area contributed by atoms with Crippen molar-refractivity contribution in [3.8, 4) is 17.2 Å². The van der Waals surface area contributed by atoms with Crippen LogP contribution in [0.1, 0.15) is 98.4 Å². The molecule has 1 N–H and O–H groups in total. The van der Waals surface area contributed by atoms with Crippen LogP contribution < -0.4 is 4.74 Å². The summed E-state index contributed by atoms with van der Waals surface area (Å²) in [5, 5.41) is 12.6. The van der Waals surface area contributed by atoms with Crippen LogP contribution in [0.25, 0.3) is 0 Å². The summed E-state index contributed by atoms with van der Waals surface area (Å²) in [6.45, 7) is 20.0. The van der Waals surface area contributed by atoms with Gasteiger partial charge in [0.15, 0.2) is 12.2 Å². The lowest BCUT2D eigenvalue weighted by Gasteiger charge is -2.48. The van der Waals surface area contributed by atoms with Crippen molar-refractivity contribution < 1.29 is 52.7 Å². The van der Waals surface area contributed by atoms with Crippen molar-refractivity contribution in [2.75, 3.05) is 13.2 Å². The molecule has 0 radical (unpaired) electrons. The van der Waals surface area contributed by atoms with Crippen LogP contribution in [0, 0.1) is 11.5 Å². The number of esters is 4. The van der Waals surface area contributed by atoms with Crippen LogP contribution >= 0.6 is 0 Å². The summed E-state index contributed by atoms with van der Waals surface area (Å²) < 4.78 is 33.8. The van der Waals surface area contributed by atoms with Gasteiger partial charge >= 0.3 is 23.9 Å². The highest BCUT2D eigenvalue weighted by Crippen LogP contribution is 2.43. The van der Waals surface area contributed by atoms with E-state index < -0.39 is 68.8 Å². The van der Waals surface area contributed by atoms with Gasteiger partial charge in [-0.15, -0.1) is 5.54 Å². The van der Waals surface area contributed by atoms with Crippen molar-refractivity contribution in [1.29, 1.82) is 0 Å². The second kappa shape index (κ2) is 18.0. The van der Waals surface area contributed by atoms with Gasteiger partial charge in [0.05, 0.1) is 6.61 Å². The lowest BCUT2D eigenvalue weighted by atomic mass is 9.85. The molecule has 1 heterocycles. The van der Waals surface area contributed by atoms with Gasteiger partial charge in [-0.3, -0.25) is 19.2 Å². The molecule has 1 aliphatic heterocycles. The maximum atomic E-state index is 12.6. The fraction of sp³-hybridized carbons (Fsp3) is 0.550. The zero-order chi connectivity index (χ0) is 39.0. The Kier molecular flexibility index (Phi) is 14.6. The zero-order valence-electron chi connectivity index (χ0n) is 32.2. The Morgan fingerprint density at radius 2 is 1.37 bits per heavy atom. The molecule has 0 aliphatic carbocycles. The zero-order valence-corrected chi connectivity index (χ0v) is 33.2. The van der Waals surface area contributed by atoms with Crippen molar-refractivity contribution in [3.63, 3.8) is 0 Å². The topological polar surface area (TPSA) is 144 Å². The number of carbonyl (C=O) groups excluding carboxylic acids is 4. The number of aliphatic hydroxyl groups is 1. The van der Waals surface area contributed by atoms with Crippen LogP contribution in [-0.4, -0.2) is 74.7 Å². The summed E-state index contributed by atoms with van der Waals surface area (Å²) >= 11 is 0. The van der Waals surface area contributed by atoms with Crippen LogP contribution in [0.2, 0.25) is 16.6 Å². The van der Waals surface area contributed by atoms with E-state index in [1.165, 1.54) is 6.92 Å². The second-order valence-corrected chi connectivity index (χ2v) is 19.7. The predicted molar refractivity (Wildman–Crippen MR) is 197 cm³/mol. The van der Waals surface area contributed by atoms with Crippen molar-refractivity contribution in [1.82, 2.24) is 0 Å². The third-order valence-corrected chi connectivity index (χ3v) is 15.8. The number of carbonyl (C=O) groups is 4. The van der Waals surface area contributed by atoms with E-state index in [4.69, 9.17) is 28.4 Å². The molecule has 1 saturated heterocycles. The van der Waals surface area contributed by atoms with E-state index in [1.54, 1.807) is 18.2 Å². The smallest absolute Gasteiger partial charge is 0.303 e. The van der Waals surface area contributed by atoms with Gasteiger partial charge in [-0.25, -0.2) is 0 Å². The molecular weight excluding hydrogens is 685 g/mol. The van der Waals surface area contributed by atoms with Crippen LogP contribution in [0.3, 0.4) is 0 Å². The van der Waals surface area contributed by atoms with Gasteiger partial charge in [0, 0.05) is 38.8 Å². The fourth-order valence-electron chi connectivity index (χ4n) is 7.30. The normalized spacial score (nSPS) is 21.6. The summed E-state index contributed by atoms with van der Waals surface area (Å²) in [6.07, 6.45) is -5.60. The van der Waals surface area contributed by atoms with E-state index >= 15 is 0 Å². The Labute approximate surface area is 308 Å². The number of rotatable bonds is 13. The summed E-state index contributed by atoms with van der Waals surface area (Å²) in [4.78, 5) is 49.1. The lowest BCUT2D eigenvalue weighted by molar-refractivity contribution is -0.360. The van der Waals surface area contributed by atoms with E-state index in [0.29, 0.717) is 29.7 Å². The van der Waals surface area contributed by atoms with E-state index in [2.05, 4.69) is 53.0 Å². The molecule has 0 unspecified atom stereocenters. The minimum absolute atomic E-state index is 0.150. The Morgan fingerprint density at radius 1 is 0.808 bits per heavy atom. The quantitative estimate of drug-likeness (QED) is 0.109. The lowest BCUT2D eigenvalue weighted by Crippen LogP contribution is -2.66. The first-order valence-electron chi connectivity index (χ1n) is 17.8. The third-order valence-electron chi connectivity index (χ3n) is 9.48. The first kappa shape index (κ1) is 42.2. The van der Waals surface area contributed by atoms with Gasteiger partial charge in [0.25, 0.3) is 0 Å². The largest absolute Gasteiger partial charge is 0.494 e. The predicted octanol–water partition coefficient (Wildman–Crippen LogP) is 6.15. The Morgan fingerprint density at radius 3 is 1.87 bits per heavy atom. The molecule has 0 saturated carbocycles. The van der Waals surface area contributed by atoms with E-state index in [0.717, 1.165) is 43.2 Å². The molecule has 52 heavy (non-hydrogen) atoms. The van der Waals surface area contributed by atoms with Gasteiger partial charge in [0.2, 0.25) is 11.9 Å². The van der Waals surface area contributed by atoms with E-state index in [-0.39, 0.29) is 5.56 Å². The number of benzene rings is 2. The molecule has 0 bridgehead atoms. The molecule has 1 aliphatic rings. The van der Waals surface area contributed by atoms with E-state index in [1.807, 2.05) is 31.2 Å². The number of hydrogen-bond acceptors (Lipinski definition) is 11. The van der Waals surface area contributed by atoms with Crippen LogP contribution in [-0.2, 0) is 55.1 Å². The van der Waals surface area contributed by atoms with Crippen LogP contribution in [0.5, 0.6) is 5.75 Å². The summed E-state index contributed by atoms with van der Waals surface area (Å²) in [5.41, 5.74) is 7.55. The molecule has 0 spiro atoms. The number of ether oxygens (including phenoxy) is 6. The Balaban J connectivity index is 2.32. The minimum Gasteiger partial charge on any atom is -0.494 e. The molecule has 2 aromatic carbocycles. The van der Waals surface area contributed by atoms with Crippen LogP contribution in [0.4, 0.5) is 0 Å². The summed E-state index contributed by atoms with van der Waals surface area (Å²) in [6, 6.07) is 12.8. The van der Waals surface area contributed by atoms with Gasteiger partial charge < -0.3 is 33.5 Å². The Bertz CT molecular complexity index is 1620. The molecule has 0 aromatic heterocycles. The first-order chi connectivity index (χ1) is 24.3. The van der Waals surface area contributed by atoms with E-state index in [9.17, 15) is 24.3 Å². The molecule has 0 amide bonds. The minimum atomic E-state index is -2.47. The van der Waals surface area contributed by atoms with Crippen LogP contribution in [0.15, 0.2) is 42.5 Å². The second-order valence-electron chi connectivity index (χ2n) is 14.1. The van der Waals surface area contributed by atoms with Gasteiger partial charge in [0.1, 0.15) is 26.5 Å². The molecule has 284 valence electrons. The number of hydrogen-bond donors (Lipinski definition) is 1. The highest BCUT2D eigenvalue weighted by atomic mass is 28.3. The van der Waals surface area contributed by atoms with Crippen molar-refractivity contribution in [3.05, 3.63) is 64.7 Å². The summed E-state index contributed by atoms with van der Waals surface area (Å²) in [5.74, 6) is -1.26. The van der Waals surface area contributed by atoms with Gasteiger partial charge in [-0.2, -0.15) is 0 Å². The Hall–Kier alpha value is -4.18. The molecule has 5 atom stereocenters. The monoisotopic (exact) mass is 738 g/mol. The molecule has 12 heteroatoms. The van der Waals surface area contributed by atoms with Gasteiger partial charge in [-0.05, 0) is 65.4 Å². The summed E-state index contributed by atoms with van der Waals surface area (Å²) in [7, 11) is -2.15. The highest BCUT2D eigenvalue weighted by molar-refractivity contribution is 6.90. The van der Waals surface area contributed by atoms with Crippen molar-refractivity contribution >= 4 is 32.0 Å². The standard InChI is InChI=1S/C40H54O11Si/c1-12-46-35-17-13-31(14-18-35)21-33-22-34(16-15-32(33)19-20-52(24(2)3,25(4)5)26(6)7)40(45)39(50-30(11)44)38(49-29(10)43)37(48-28(9)42)36(51-40)23-47-27(8)41/h13-18,22,24-26,36-39,45H,12,21,23H2,1-11H3/t36-,37-,38+,39-,40-/m1/s1. The van der Waals surface area contributed by atoms with Gasteiger partial charge in [-0.1, -0.05) is 65.7 Å².